The summed E-state index contributed by atoms with van der Waals surface area (Å²) in [6.07, 6.45) is 3.77. The molecule has 2 N–H and O–H groups in total. The number of aliphatic hydroxyl groups is 1. The molecule has 35 heavy (non-hydrogen) atoms. The minimum absolute atomic E-state index is 0.0390. The maximum Gasteiger partial charge on any atom is 0.251 e. The average molecular weight is 494 g/mol. The number of sulfonamides is 1. The number of anilines is 1. The molecule has 1 aromatic heterocycles. The number of nitrogens with one attached hydrogen (secondary N) is 1. The predicted octanol–water partition coefficient (Wildman–Crippen LogP) is 4.89. The van der Waals surface area contributed by atoms with E-state index in [2.05, 4.69) is 40.0 Å². The molecule has 1 unspecified atom stereocenters. The summed E-state index contributed by atoms with van der Waals surface area (Å²) in [5.74, 6) is 0.652. The molecule has 0 saturated carbocycles. The van der Waals surface area contributed by atoms with Crippen LogP contribution in [-0.4, -0.2) is 39.8 Å². The van der Waals surface area contributed by atoms with Gasteiger partial charge in [-0.25, -0.2) is 13.1 Å². The van der Waals surface area contributed by atoms with Crippen LogP contribution in [0.15, 0.2) is 57.9 Å². The maximum absolute atomic E-state index is 12.6. The number of hydrogen-bond acceptors (Lipinski definition) is 6. The highest BCUT2D eigenvalue weighted by molar-refractivity contribution is 7.93. The van der Waals surface area contributed by atoms with Crippen LogP contribution >= 0.6 is 0 Å². The van der Waals surface area contributed by atoms with Gasteiger partial charge in [0.15, 0.2) is 4.91 Å². The van der Waals surface area contributed by atoms with E-state index in [0.717, 1.165) is 29.4 Å². The number of aliphatic hydroxyl groups excluding tert-OH is 1. The number of benzene rings is 2. The summed E-state index contributed by atoms with van der Waals surface area (Å²) >= 11 is 0. The Bertz CT molecular complexity index is 1380. The molecular formula is C27H31N3O4S. The van der Waals surface area contributed by atoms with Gasteiger partial charge >= 0.3 is 0 Å². The van der Waals surface area contributed by atoms with Crippen LogP contribution in [0.4, 0.5) is 5.69 Å². The molecule has 1 aliphatic heterocycles. The number of furan rings is 1. The van der Waals surface area contributed by atoms with E-state index in [4.69, 9.17) is 9.52 Å². The highest BCUT2D eigenvalue weighted by atomic mass is 32.2. The van der Waals surface area contributed by atoms with E-state index < -0.39 is 14.9 Å². The first-order valence-electron chi connectivity index (χ1n) is 11.9. The number of rotatable bonds is 8. The Balaban J connectivity index is 1.59. The second-order valence-electron chi connectivity index (χ2n) is 9.16. The molecule has 7 nitrogen and oxygen atoms in total. The Hall–Kier alpha value is -3.12. The third-order valence-electron chi connectivity index (χ3n) is 6.45. The summed E-state index contributed by atoms with van der Waals surface area (Å²) in [5.41, 5.74) is 2.35. The summed E-state index contributed by atoms with van der Waals surface area (Å²) in [5, 5.41) is 20.9. The zero-order valence-corrected chi connectivity index (χ0v) is 20.9. The monoisotopic (exact) mass is 493 g/mol. The molecule has 1 fully saturated rings. The van der Waals surface area contributed by atoms with Crippen LogP contribution in [0.25, 0.3) is 27.7 Å². The molecule has 0 aliphatic carbocycles. The number of nitrogens with zero attached hydrogens (tertiary/aromatic N) is 2. The molecule has 1 saturated heterocycles. The molecule has 1 aliphatic rings. The number of nitriles is 1. The van der Waals surface area contributed by atoms with Gasteiger partial charge in [-0.3, -0.25) is 0 Å². The van der Waals surface area contributed by atoms with Gasteiger partial charge in [-0.15, -0.1) is 0 Å². The summed E-state index contributed by atoms with van der Waals surface area (Å²) < 4.78 is 33.6. The lowest BCUT2D eigenvalue weighted by molar-refractivity contribution is 0.239. The Morgan fingerprint density at radius 3 is 2.54 bits per heavy atom. The smallest absolute Gasteiger partial charge is 0.251 e. The van der Waals surface area contributed by atoms with Crippen molar-refractivity contribution in [3.63, 3.8) is 0 Å². The molecular weight excluding hydrogens is 462 g/mol. The predicted molar refractivity (Wildman–Crippen MR) is 139 cm³/mol. The third-order valence-corrected chi connectivity index (χ3v) is 7.93. The van der Waals surface area contributed by atoms with Gasteiger partial charge in [0.25, 0.3) is 10.0 Å². The number of fused-ring (bicyclic) bond motifs is 1. The fourth-order valence-corrected chi connectivity index (χ4v) is 5.55. The maximum atomic E-state index is 12.6. The number of allylic oxidation sites excluding steroid dienone is 2. The van der Waals surface area contributed by atoms with E-state index in [0.29, 0.717) is 11.5 Å². The summed E-state index contributed by atoms with van der Waals surface area (Å²) in [6, 6.07) is 17.9. The second-order valence-corrected chi connectivity index (χ2v) is 10.9. The summed E-state index contributed by atoms with van der Waals surface area (Å²) in [4.78, 5) is 2.04. The van der Waals surface area contributed by atoms with Crippen LogP contribution in [0.1, 0.15) is 38.9 Å². The largest absolute Gasteiger partial charge is 0.456 e. The van der Waals surface area contributed by atoms with Gasteiger partial charge in [0.1, 0.15) is 17.6 Å². The molecule has 3 aromatic rings. The number of piperidine rings is 1. The van der Waals surface area contributed by atoms with E-state index in [1.807, 2.05) is 6.07 Å². The molecule has 2 heterocycles. The molecule has 0 spiro atoms. The van der Waals surface area contributed by atoms with E-state index >= 15 is 0 Å². The Labute approximate surface area is 206 Å². The lowest BCUT2D eigenvalue weighted by Gasteiger charge is -2.29. The van der Waals surface area contributed by atoms with Crippen molar-refractivity contribution in [1.29, 1.82) is 5.26 Å². The van der Waals surface area contributed by atoms with Crippen molar-refractivity contribution >= 4 is 32.1 Å². The Morgan fingerprint density at radius 1 is 1.11 bits per heavy atom. The number of hydrogen-bond donors (Lipinski definition) is 2. The first kappa shape index (κ1) is 25.0. The van der Waals surface area contributed by atoms with Crippen molar-refractivity contribution in [1.82, 2.24) is 4.72 Å². The lowest BCUT2D eigenvalue weighted by atomic mass is 10.0. The van der Waals surface area contributed by atoms with Crippen molar-refractivity contribution in [3.8, 4) is 17.4 Å². The SMILES string of the molecule is C/C(=C(/C#N)S(=O)(=O)NCC(C)CO)c1ccc(-c2ccc3cc(N4CCCCC4)ccc3c2)o1. The van der Waals surface area contributed by atoms with Crippen LogP contribution in [-0.2, 0) is 10.0 Å². The van der Waals surface area contributed by atoms with Gasteiger partial charge in [-0.1, -0.05) is 25.1 Å². The Kier molecular flexibility index (Phi) is 7.60. The third kappa shape index (κ3) is 5.59. The Morgan fingerprint density at radius 2 is 1.83 bits per heavy atom. The van der Waals surface area contributed by atoms with Crippen LogP contribution < -0.4 is 9.62 Å². The fraction of sp³-hybridized carbons (Fsp3) is 0.370. The molecule has 0 radical (unpaired) electrons. The molecule has 0 amide bonds. The first-order valence-corrected chi connectivity index (χ1v) is 13.4. The summed E-state index contributed by atoms with van der Waals surface area (Å²) in [6.45, 7) is 5.35. The summed E-state index contributed by atoms with van der Waals surface area (Å²) in [7, 11) is -4.03. The second kappa shape index (κ2) is 10.6. The van der Waals surface area contributed by atoms with E-state index in [-0.39, 0.29) is 24.6 Å². The van der Waals surface area contributed by atoms with Gasteiger partial charge in [0.05, 0.1) is 0 Å². The standard InChI is InChI=1S/C27H31N3O4S/c1-19(18-31)17-29-35(32,33)27(16-28)20(2)25-10-11-26(34-25)23-7-6-22-15-24(9-8-21(22)14-23)30-12-4-3-5-13-30/h6-11,14-15,19,29,31H,3-5,12-13,17-18H2,1-2H3/b27-20+. The lowest BCUT2D eigenvalue weighted by Crippen LogP contribution is -2.30. The van der Waals surface area contributed by atoms with Crippen molar-refractivity contribution in [2.24, 2.45) is 5.92 Å². The van der Waals surface area contributed by atoms with Crippen LogP contribution in [0.3, 0.4) is 0 Å². The van der Waals surface area contributed by atoms with E-state index in [1.54, 1.807) is 32.0 Å². The molecule has 8 heteroatoms. The van der Waals surface area contributed by atoms with Crippen LogP contribution in [0, 0.1) is 17.2 Å². The zero-order chi connectivity index (χ0) is 25.0. The first-order chi connectivity index (χ1) is 16.8. The molecule has 1 atom stereocenters. The highest BCUT2D eigenvalue weighted by Gasteiger charge is 2.23. The van der Waals surface area contributed by atoms with E-state index in [9.17, 15) is 13.7 Å². The quantitative estimate of drug-likeness (QED) is 0.433. The van der Waals surface area contributed by atoms with Crippen molar-refractivity contribution in [3.05, 3.63) is 59.2 Å². The van der Waals surface area contributed by atoms with Crippen LogP contribution in [0.2, 0.25) is 0 Å². The molecule has 2 aromatic carbocycles. The van der Waals surface area contributed by atoms with Gasteiger partial charge < -0.3 is 14.4 Å². The van der Waals surface area contributed by atoms with Gasteiger partial charge in [-0.05, 0) is 73.2 Å². The fourth-order valence-electron chi connectivity index (χ4n) is 4.28. The molecule has 0 bridgehead atoms. The van der Waals surface area contributed by atoms with Gasteiger partial charge in [-0.2, -0.15) is 5.26 Å². The van der Waals surface area contributed by atoms with Crippen molar-refractivity contribution in [2.75, 3.05) is 31.1 Å². The topological polar surface area (TPSA) is 107 Å². The zero-order valence-electron chi connectivity index (χ0n) is 20.1. The average Bonchev–Trinajstić information content (AvgIpc) is 3.38. The molecule has 4 rings (SSSR count). The minimum Gasteiger partial charge on any atom is -0.456 e. The van der Waals surface area contributed by atoms with Crippen LogP contribution in [0.5, 0.6) is 0 Å². The van der Waals surface area contributed by atoms with Gasteiger partial charge in [0, 0.05) is 43.1 Å². The normalized spacial score (nSPS) is 16.1. The molecule has 184 valence electrons. The van der Waals surface area contributed by atoms with Crippen molar-refractivity contribution in [2.45, 2.75) is 33.1 Å². The minimum atomic E-state index is -4.03. The van der Waals surface area contributed by atoms with Crippen molar-refractivity contribution < 1.29 is 17.9 Å². The highest BCUT2D eigenvalue weighted by Crippen LogP contribution is 2.32. The van der Waals surface area contributed by atoms with E-state index in [1.165, 1.54) is 24.9 Å². The van der Waals surface area contributed by atoms with Gasteiger partial charge in [0.2, 0.25) is 0 Å².